The molecule has 38 nitrogen and oxygen atoms in total. The van der Waals surface area contributed by atoms with Gasteiger partial charge in [-0.2, -0.15) is 0 Å². The molecule has 0 saturated carbocycles. The number of carbonyl (C=O) groups excluding carboxylic acids is 17. The number of H-pyrrole nitrogens is 1. The number of aliphatic hydroxyl groups excluding tert-OH is 2. The number of amides is 15. The van der Waals surface area contributed by atoms with Gasteiger partial charge in [-0.1, -0.05) is 125 Å². The number of unbranched alkanes of at least 4 members (excludes halogenated alkanes) is 1. The number of carbonyl (C=O) groups is 17. The van der Waals surface area contributed by atoms with Crippen LogP contribution in [0.1, 0.15) is 80.7 Å². The van der Waals surface area contributed by atoms with E-state index < -0.39 is 272 Å². The highest BCUT2D eigenvalue weighted by atomic mass is 32.2. The molecule has 4 heterocycles. The number of rotatable bonds is 25. The Morgan fingerprint density at radius 3 is 1.70 bits per heavy atom. The Morgan fingerprint density at radius 2 is 1.08 bits per heavy atom. The number of nitrogens with zero attached hydrogens (tertiary/aromatic N) is 5. The van der Waals surface area contributed by atoms with Gasteiger partial charge in [-0.15, -0.1) is 23.5 Å². The fraction of sp³-hybridized carbons (Fsp3) is 0.449. The summed E-state index contributed by atoms with van der Waals surface area (Å²) in [5.41, 5.74) is 7.22. The molecule has 43 heteroatoms. The lowest BCUT2D eigenvalue weighted by Gasteiger charge is -2.38. The van der Waals surface area contributed by atoms with E-state index in [1.54, 1.807) is 98.0 Å². The molecule has 3 aliphatic heterocycles. The Hall–Kier alpha value is -13.2. The maximum Gasteiger partial charge on any atom is 0.293 e. The van der Waals surface area contributed by atoms with Crippen LogP contribution in [-0.4, -0.2) is 308 Å². The van der Waals surface area contributed by atoms with E-state index in [1.807, 2.05) is 0 Å². The van der Waals surface area contributed by atoms with E-state index in [-0.39, 0.29) is 62.4 Å². The summed E-state index contributed by atoms with van der Waals surface area (Å²) >= 11 is 1.68. The minimum Gasteiger partial charge on any atom is -0.508 e. The van der Waals surface area contributed by atoms with Gasteiger partial charge >= 0.3 is 0 Å². The smallest absolute Gasteiger partial charge is 0.293 e. The number of hydrogen-bond acceptors (Lipinski definition) is 24. The largest absolute Gasteiger partial charge is 0.508 e. The number of nitrogens with two attached hydrogens (primary N) is 1. The average molecular weight is 1880 g/mol. The van der Waals surface area contributed by atoms with Crippen LogP contribution in [0.2, 0.25) is 0 Å². The fourth-order valence-electron chi connectivity index (χ4n) is 15.5. The topological polar surface area (TPSA) is 536 Å². The molecule has 9 rings (SSSR count). The lowest BCUT2D eigenvalue weighted by Crippen LogP contribution is -2.62. The molecule has 15 amide bonds. The van der Waals surface area contributed by atoms with E-state index in [4.69, 9.17) is 15.2 Å². The van der Waals surface area contributed by atoms with Crippen molar-refractivity contribution in [2.24, 2.45) is 11.7 Å². The molecule has 15 N–H and O–H groups in total. The van der Waals surface area contributed by atoms with Crippen LogP contribution in [-0.2, 0) is 123 Å². The first-order valence-corrected chi connectivity index (χ1v) is 44.8. The van der Waals surface area contributed by atoms with Gasteiger partial charge in [0.25, 0.3) is 12.9 Å². The summed E-state index contributed by atoms with van der Waals surface area (Å²) in [5.74, 6) is -23.9. The van der Waals surface area contributed by atoms with Crippen LogP contribution in [0.15, 0.2) is 128 Å². The average Bonchev–Trinajstić information content (AvgIpc) is 1.74. The molecule has 3 fully saturated rings. The van der Waals surface area contributed by atoms with Gasteiger partial charge in [0.2, 0.25) is 88.6 Å². The van der Waals surface area contributed by atoms with Crippen molar-refractivity contribution in [3.63, 3.8) is 0 Å². The fourth-order valence-corrected chi connectivity index (χ4v) is 17.5. The predicted octanol–water partition coefficient (Wildman–Crippen LogP) is -1.05. The first-order valence-electron chi connectivity index (χ1n) is 42.5. The monoisotopic (exact) mass is 1870 g/mol. The molecule has 3 aliphatic rings. The van der Waals surface area contributed by atoms with Crippen LogP contribution in [0.3, 0.4) is 0 Å². The number of primary amides is 1. The molecule has 14 atom stereocenters. The number of nitrogens with one attached hydrogen (secondary N) is 10. The Kier molecular flexibility index (Phi) is 38.2. The molecule has 0 radical (unpaired) electrons. The highest BCUT2D eigenvalue weighted by Crippen LogP contribution is 2.29. The minimum atomic E-state index is -1.92. The third kappa shape index (κ3) is 28.0. The number of para-hydroxylation sites is 1. The number of fused-ring (bicyclic) bond motifs is 3. The molecule has 0 spiro atoms. The lowest BCUT2D eigenvalue weighted by atomic mass is 9.98. The van der Waals surface area contributed by atoms with Crippen molar-refractivity contribution in [2.45, 2.75) is 170 Å². The summed E-state index contributed by atoms with van der Waals surface area (Å²) < 4.78 is 55.2. The number of hydrogen-bond donors (Lipinski definition) is 14. The van der Waals surface area contributed by atoms with E-state index in [2.05, 4.69) is 52.8 Å². The second-order valence-corrected chi connectivity index (χ2v) is 34.5. The van der Waals surface area contributed by atoms with Gasteiger partial charge in [-0.05, 0) is 76.9 Å². The summed E-state index contributed by atoms with van der Waals surface area (Å²) in [6, 6.07) is 7.51. The maximum absolute atomic E-state index is 15.7. The molecular weight excluding hydrogens is 1770 g/mol. The number of thioether (sulfide) groups is 2. The molecule has 1 aromatic heterocycles. The SMILES string of the molecule is CCCC[C@H]1C(=O)N2C[C@H](O)C[C@@H]2C(=O)N[C@@H](COC=O)C(=O)N[C@@H](C(C)C)C(=O)N(C)[C@@H](Cc2ccccc2)C(=O)N[C@@H](COC=O)C(=O)N2CSC[C@@H]2C(=O)N[C@@H](Cc2c[nH]c3ccccc23)C(=O)N[C@@H](Cc2ccc(O)cc2)C(=O)N[C@@H](CCO)C(=O)N[C@H](C(=O)NCC(N)=O)CSCC(=O)N[C@@H](Cc2cc(F)c(F)c(F)c2)C(=O)N(C)[C@@H](Cc2ccccc2)C(=O)N1C. The van der Waals surface area contributed by atoms with Crippen LogP contribution in [0, 0.1) is 23.4 Å². The van der Waals surface area contributed by atoms with Crippen LogP contribution in [0.25, 0.3) is 10.9 Å². The third-order valence-electron chi connectivity index (χ3n) is 22.7. The molecule has 5 aromatic carbocycles. The third-order valence-corrected chi connectivity index (χ3v) is 24.7. The first-order chi connectivity index (χ1) is 63.0. The van der Waals surface area contributed by atoms with E-state index >= 15 is 51.9 Å². The van der Waals surface area contributed by atoms with Gasteiger partial charge in [0, 0.05) is 101 Å². The van der Waals surface area contributed by atoms with E-state index in [0.29, 0.717) is 63.5 Å². The number of phenols is 1. The number of aliphatic hydroxyl groups is 2. The zero-order valence-corrected chi connectivity index (χ0v) is 74.9. The number of phenolic OH excluding ortho intramolecular Hbond substituents is 1. The first kappa shape index (κ1) is 103. The molecular formula is C89H109F3N16O22S2. The molecule has 710 valence electrons. The number of aromatic amines is 1. The Morgan fingerprint density at radius 1 is 0.545 bits per heavy atom. The summed E-state index contributed by atoms with van der Waals surface area (Å²) in [6.45, 7) is 0.831. The van der Waals surface area contributed by atoms with Gasteiger partial charge in [-0.3, -0.25) is 81.5 Å². The number of benzene rings is 5. The Labute approximate surface area is 766 Å². The van der Waals surface area contributed by atoms with Crippen molar-refractivity contribution in [3.8, 4) is 5.75 Å². The van der Waals surface area contributed by atoms with E-state index in [0.717, 1.165) is 43.3 Å². The second-order valence-electron chi connectivity index (χ2n) is 32.4. The van der Waals surface area contributed by atoms with Crippen LogP contribution in [0.4, 0.5) is 13.2 Å². The maximum atomic E-state index is 15.7. The van der Waals surface area contributed by atoms with Crippen molar-refractivity contribution >= 4 is 136 Å². The second kappa shape index (κ2) is 49.2. The van der Waals surface area contributed by atoms with Crippen molar-refractivity contribution in [1.82, 2.24) is 77.3 Å². The molecule has 6 aromatic rings. The number of aromatic nitrogens is 1. The normalized spacial score (nSPS) is 24.1. The Bertz CT molecular complexity index is 5110. The molecule has 132 heavy (non-hydrogen) atoms. The zero-order valence-electron chi connectivity index (χ0n) is 73.2. The number of halogens is 3. The van der Waals surface area contributed by atoms with Gasteiger partial charge in [0.05, 0.1) is 24.3 Å². The van der Waals surface area contributed by atoms with Crippen LogP contribution >= 0.6 is 23.5 Å². The summed E-state index contributed by atoms with van der Waals surface area (Å²) in [7, 11) is 3.61. The summed E-state index contributed by atoms with van der Waals surface area (Å²) in [4.78, 5) is 255. The zero-order chi connectivity index (χ0) is 96.2. The van der Waals surface area contributed by atoms with Crippen molar-refractivity contribution in [2.75, 3.05) is 77.2 Å². The lowest BCUT2D eigenvalue weighted by molar-refractivity contribution is -0.152. The Balaban J connectivity index is 1.13. The highest BCUT2D eigenvalue weighted by Gasteiger charge is 2.48. The van der Waals surface area contributed by atoms with E-state index in [9.17, 15) is 58.1 Å². The van der Waals surface area contributed by atoms with Crippen LogP contribution < -0.4 is 53.6 Å². The van der Waals surface area contributed by atoms with Gasteiger partial charge in [0.15, 0.2) is 17.5 Å². The molecule has 0 unspecified atom stereocenters. The number of likely N-dealkylation sites (N-methyl/N-ethyl adjacent to an activating group) is 3. The van der Waals surface area contributed by atoms with Gasteiger partial charge < -0.3 is 108 Å². The van der Waals surface area contributed by atoms with Crippen LogP contribution in [0.5, 0.6) is 5.75 Å². The van der Waals surface area contributed by atoms with Crippen molar-refractivity contribution in [3.05, 3.63) is 173 Å². The predicted molar refractivity (Wildman–Crippen MR) is 473 cm³/mol. The molecule has 0 bridgehead atoms. The standard InChI is InChI=1S/C89H109F3N16O22S2/c1-7-8-23-68-88(127)107-40-56(113)37-70(107)83(122)100-65(41-129-47-110)81(120)103-76(49(2)3)89(128)105(5)69(34-50-17-11-9-12-18-50)82(121)101-66(42-130-48-111)86(125)108-46-132-44-72(108)84(123)99-63(36-54-38-94-60-22-16-15-21-57(54)60)80(119)98-62(32-52-24-26-55(112)27-25-52)79(118)97-61(28-29-109)78(117)102-67(77(116)95-39-73(93)114)43-131-45-74(115)96-64(33-53-30-58(90)75(92)59(91)31-53)85(124)106(6)71(87(126)104(68)4)35-51-19-13-10-14-20-51/h9-22,24-27,30-31,38,47-49,56,61-72,76,94,109,112-113H,7-8,23,28-29,32-37,39-46H2,1-6H3,(H2,93,114)(H,95,116)(H,96,115)(H,97,118)(H,98,119)(H,99,123)(H,100,122)(H,101,121)(H,102,117)(H,103,120)/t56-,61+,62+,63+,64+,65+,66+,67+,68+,69+,70-,71+,72-,76+/m1/s1. The summed E-state index contributed by atoms with van der Waals surface area (Å²) in [5, 5.41) is 55.6. The molecule has 0 aliphatic carbocycles. The molecule has 3 saturated heterocycles. The summed E-state index contributed by atoms with van der Waals surface area (Å²) in [6.07, 6.45) is -2.60. The quantitative estimate of drug-likeness (QED) is 0.0240. The van der Waals surface area contributed by atoms with Crippen molar-refractivity contribution in [1.29, 1.82) is 0 Å². The highest BCUT2D eigenvalue weighted by molar-refractivity contribution is 8.00. The minimum absolute atomic E-state index is 0.00677. The van der Waals surface area contributed by atoms with Gasteiger partial charge in [-0.25, -0.2) is 13.2 Å². The van der Waals surface area contributed by atoms with E-state index in [1.165, 1.54) is 52.2 Å². The van der Waals surface area contributed by atoms with Gasteiger partial charge in [0.1, 0.15) is 97.5 Å². The number of ether oxygens (including phenoxy) is 2. The number of aromatic hydroxyl groups is 1. The van der Waals surface area contributed by atoms with Crippen molar-refractivity contribution < 1.29 is 119 Å².